The van der Waals surface area contributed by atoms with Gasteiger partial charge in [-0.25, -0.2) is 0 Å². The summed E-state index contributed by atoms with van der Waals surface area (Å²) in [5.74, 6) is -0.149. The van der Waals surface area contributed by atoms with E-state index in [1.54, 1.807) is 0 Å². The number of rotatable bonds is 46. The number of carbonyl (C=O) groups is 1. The Labute approximate surface area is 311 Å². The Morgan fingerprint density at radius 1 is 0.275 bits per heavy atom. The van der Waals surface area contributed by atoms with Crippen LogP contribution in [-0.4, -0.2) is 145 Å². The summed E-state index contributed by atoms with van der Waals surface area (Å²) in [6.07, 6.45) is 18.2. The molecule has 0 atom stereocenters. The molecule has 0 N–H and O–H groups in total. The Bertz CT molecular complexity index is 643. The highest BCUT2D eigenvalue weighted by atomic mass is 16.6. The zero-order chi connectivity index (χ0) is 36.8. The monoisotopic (exact) mass is 739 g/mol. The molecule has 306 valence electrons. The molecule has 12 heteroatoms. The molecule has 0 bridgehead atoms. The van der Waals surface area contributed by atoms with Crippen LogP contribution in [0.3, 0.4) is 0 Å². The molecule has 0 spiro atoms. The fraction of sp³-hybridized carbons (Fsp3) is 0.974. The van der Waals surface area contributed by atoms with Gasteiger partial charge in [0.2, 0.25) is 0 Å². The van der Waals surface area contributed by atoms with Crippen LogP contribution in [0.25, 0.3) is 0 Å². The van der Waals surface area contributed by atoms with Gasteiger partial charge in [0.05, 0.1) is 126 Å². The highest BCUT2D eigenvalue weighted by Crippen LogP contribution is 2.10. The van der Waals surface area contributed by atoms with Gasteiger partial charge in [-0.05, 0) is 12.8 Å². The van der Waals surface area contributed by atoms with Crippen molar-refractivity contribution in [3.05, 3.63) is 0 Å². The van der Waals surface area contributed by atoms with E-state index in [0.717, 1.165) is 38.7 Å². The van der Waals surface area contributed by atoms with Crippen LogP contribution in [0.15, 0.2) is 0 Å². The fourth-order valence-corrected chi connectivity index (χ4v) is 4.76. The molecular formula is C39H78O12. The van der Waals surface area contributed by atoms with Gasteiger partial charge in [0, 0.05) is 13.0 Å². The third kappa shape index (κ3) is 47.0. The number of esters is 1. The molecule has 51 heavy (non-hydrogen) atoms. The molecule has 0 fully saturated rings. The maximum atomic E-state index is 11.6. The van der Waals surface area contributed by atoms with Crippen LogP contribution < -0.4 is 0 Å². The molecule has 0 aromatic heterocycles. The Morgan fingerprint density at radius 3 is 0.824 bits per heavy atom. The molecule has 0 aromatic rings. The summed E-state index contributed by atoms with van der Waals surface area (Å²) in [6.45, 7) is 15.4. The number of hydrogen-bond acceptors (Lipinski definition) is 12. The fourth-order valence-electron chi connectivity index (χ4n) is 4.76. The standard InChI is InChI=1S/C39H78O12/c1-3-5-7-9-10-11-12-13-14-16-18-41-19-20-42-21-22-43-23-24-44-25-26-45-27-28-46-29-30-47-31-32-48-33-34-49-35-36-50-37-38-51-39(40)17-15-8-6-4-2/h3-38H2,1-2H3. The van der Waals surface area contributed by atoms with Crippen molar-refractivity contribution in [2.45, 2.75) is 110 Å². The second-order valence-corrected chi connectivity index (χ2v) is 12.3. The lowest BCUT2D eigenvalue weighted by Crippen LogP contribution is -2.15. The van der Waals surface area contributed by atoms with E-state index in [0.29, 0.717) is 132 Å². The molecule has 0 saturated heterocycles. The molecule has 0 amide bonds. The molecular weight excluding hydrogens is 660 g/mol. The van der Waals surface area contributed by atoms with Gasteiger partial charge in [-0.1, -0.05) is 90.9 Å². The van der Waals surface area contributed by atoms with Gasteiger partial charge in [-0.15, -0.1) is 0 Å². The highest BCUT2D eigenvalue weighted by Gasteiger charge is 2.02. The number of unbranched alkanes of at least 4 members (excludes halogenated alkanes) is 12. The van der Waals surface area contributed by atoms with Crippen molar-refractivity contribution < 1.29 is 56.9 Å². The third-order valence-corrected chi connectivity index (χ3v) is 7.72. The average molecular weight is 739 g/mol. The molecule has 12 nitrogen and oxygen atoms in total. The van der Waals surface area contributed by atoms with Gasteiger partial charge in [0.15, 0.2) is 0 Å². The zero-order valence-electron chi connectivity index (χ0n) is 32.9. The van der Waals surface area contributed by atoms with Crippen molar-refractivity contribution in [2.24, 2.45) is 0 Å². The second kappa shape index (κ2) is 47.1. The van der Waals surface area contributed by atoms with Gasteiger partial charge < -0.3 is 52.1 Å². The van der Waals surface area contributed by atoms with E-state index < -0.39 is 0 Å². The predicted octanol–water partition coefficient (Wildman–Crippen LogP) is 6.59. The van der Waals surface area contributed by atoms with Crippen molar-refractivity contribution in [3.63, 3.8) is 0 Å². The van der Waals surface area contributed by atoms with Crippen molar-refractivity contribution >= 4 is 5.97 Å². The van der Waals surface area contributed by atoms with E-state index in [4.69, 9.17) is 52.1 Å². The lowest BCUT2D eigenvalue weighted by molar-refractivity contribution is -0.145. The van der Waals surface area contributed by atoms with Gasteiger partial charge in [0.25, 0.3) is 0 Å². The van der Waals surface area contributed by atoms with Gasteiger partial charge in [-0.3, -0.25) is 4.79 Å². The molecule has 0 radical (unpaired) electrons. The van der Waals surface area contributed by atoms with Crippen LogP contribution in [0, 0.1) is 0 Å². The van der Waals surface area contributed by atoms with Crippen molar-refractivity contribution in [1.82, 2.24) is 0 Å². The lowest BCUT2D eigenvalue weighted by atomic mass is 10.1. The van der Waals surface area contributed by atoms with Crippen molar-refractivity contribution in [2.75, 3.05) is 139 Å². The largest absolute Gasteiger partial charge is 0.463 e. The topological polar surface area (TPSA) is 119 Å². The Hall–Kier alpha value is -0.930. The first-order valence-electron chi connectivity index (χ1n) is 20.2. The minimum atomic E-state index is -0.149. The summed E-state index contributed by atoms with van der Waals surface area (Å²) < 4.78 is 60.2. The number of carbonyl (C=O) groups excluding carboxylic acids is 1. The Kier molecular flexibility index (Phi) is 46.2. The van der Waals surface area contributed by atoms with E-state index in [2.05, 4.69) is 13.8 Å². The summed E-state index contributed by atoms with van der Waals surface area (Å²) in [5, 5.41) is 0. The normalized spacial score (nSPS) is 11.5. The Morgan fingerprint density at radius 2 is 0.510 bits per heavy atom. The van der Waals surface area contributed by atoms with Crippen molar-refractivity contribution in [3.8, 4) is 0 Å². The van der Waals surface area contributed by atoms with Gasteiger partial charge in [-0.2, -0.15) is 0 Å². The summed E-state index contributed by atoms with van der Waals surface area (Å²) in [4.78, 5) is 11.6. The first kappa shape index (κ1) is 50.1. The van der Waals surface area contributed by atoms with Gasteiger partial charge >= 0.3 is 5.97 Å². The maximum Gasteiger partial charge on any atom is 0.305 e. The zero-order valence-corrected chi connectivity index (χ0v) is 32.9. The van der Waals surface area contributed by atoms with Crippen LogP contribution in [-0.2, 0) is 56.9 Å². The summed E-state index contributed by atoms with van der Waals surface area (Å²) >= 11 is 0. The van der Waals surface area contributed by atoms with E-state index >= 15 is 0 Å². The number of ether oxygens (including phenoxy) is 11. The lowest BCUT2D eigenvalue weighted by Gasteiger charge is -2.09. The van der Waals surface area contributed by atoms with E-state index in [1.165, 1.54) is 57.8 Å². The molecule has 0 aromatic carbocycles. The Balaban J connectivity index is 3.08. The molecule has 0 aliphatic heterocycles. The van der Waals surface area contributed by atoms with Crippen LogP contribution in [0.5, 0.6) is 0 Å². The summed E-state index contributed by atoms with van der Waals surface area (Å²) in [7, 11) is 0. The van der Waals surface area contributed by atoms with Crippen LogP contribution >= 0.6 is 0 Å². The number of hydrogen-bond donors (Lipinski definition) is 0. The third-order valence-electron chi connectivity index (χ3n) is 7.72. The smallest absolute Gasteiger partial charge is 0.305 e. The minimum Gasteiger partial charge on any atom is -0.463 e. The predicted molar refractivity (Wildman–Crippen MR) is 200 cm³/mol. The molecule has 0 aliphatic rings. The van der Waals surface area contributed by atoms with E-state index in [1.807, 2.05) is 0 Å². The molecule has 0 unspecified atom stereocenters. The SMILES string of the molecule is CCCCCCCCCCCCOCCOCCOCCOCCOCCOCCOCCOCCOCCOCCOC(=O)CCCCCC. The molecule has 0 aliphatic carbocycles. The van der Waals surface area contributed by atoms with Crippen LogP contribution in [0.4, 0.5) is 0 Å². The average Bonchev–Trinajstić information content (AvgIpc) is 3.14. The summed E-state index contributed by atoms with van der Waals surface area (Å²) in [6, 6.07) is 0. The minimum absolute atomic E-state index is 0.149. The first-order chi connectivity index (χ1) is 25.3. The first-order valence-corrected chi connectivity index (χ1v) is 20.2. The molecule has 0 saturated carbocycles. The van der Waals surface area contributed by atoms with E-state index in [-0.39, 0.29) is 12.6 Å². The maximum absolute atomic E-state index is 11.6. The molecule has 0 heterocycles. The van der Waals surface area contributed by atoms with Gasteiger partial charge in [0.1, 0.15) is 6.61 Å². The molecule has 0 rings (SSSR count). The van der Waals surface area contributed by atoms with E-state index in [9.17, 15) is 4.79 Å². The second-order valence-electron chi connectivity index (χ2n) is 12.3. The quantitative estimate of drug-likeness (QED) is 0.0496. The van der Waals surface area contributed by atoms with Crippen LogP contribution in [0.1, 0.15) is 110 Å². The highest BCUT2D eigenvalue weighted by molar-refractivity contribution is 5.69. The van der Waals surface area contributed by atoms with Crippen LogP contribution in [0.2, 0.25) is 0 Å². The van der Waals surface area contributed by atoms with Crippen molar-refractivity contribution in [1.29, 1.82) is 0 Å². The summed E-state index contributed by atoms with van der Waals surface area (Å²) in [5.41, 5.74) is 0.